The Bertz CT molecular complexity index is 1020. The number of carbonyl (C=O) groups excluding carboxylic acids is 1. The van der Waals surface area contributed by atoms with E-state index in [0.717, 1.165) is 38.5 Å². The molecule has 0 aromatic carbocycles. The van der Waals surface area contributed by atoms with Crippen molar-refractivity contribution in [2.45, 2.75) is 251 Å². The molecule has 0 spiro atoms. The highest BCUT2D eigenvalue weighted by Gasteiger charge is 2.23. The number of aliphatic hydroxyl groups excluding tert-OH is 1. The number of nitrogens with zero attached hydrogens (tertiary/aromatic N) is 1. The van der Waals surface area contributed by atoms with Crippen molar-refractivity contribution in [3.05, 3.63) is 24.3 Å². The fraction of sp³-hybridized carbons (Fsp3) is 0.900. The van der Waals surface area contributed by atoms with Crippen LogP contribution in [-0.4, -0.2) is 68.5 Å². The Morgan fingerprint density at radius 3 is 1.37 bits per heavy atom. The van der Waals surface area contributed by atoms with Gasteiger partial charge in [0, 0.05) is 6.42 Å². The summed E-state index contributed by atoms with van der Waals surface area (Å²) in [5.41, 5.74) is 0. The molecule has 0 saturated carbocycles. The SMILES string of the molecule is CCCCCCCCCCC/C=C/CC/C=C/[C@@H](O)[C@H](COP(=O)([O-])OCC[N+](C)(C)C)NC(=O)CCCCCCCCCCCCCCCCCCCCCCCC. The zero-order chi connectivity index (χ0) is 43.6. The number of allylic oxidation sites excluding steroid dienone is 3. The van der Waals surface area contributed by atoms with Gasteiger partial charge >= 0.3 is 0 Å². The number of unbranched alkanes of at least 4 members (excludes halogenated alkanes) is 31. The predicted molar refractivity (Wildman–Crippen MR) is 252 cm³/mol. The van der Waals surface area contributed by atoms with Gasteiger partial charge in [-0.15, -0.1) is 0 Å². The van der Waals surface area contributed by atoms with Gasteiger partial charge in [0.05, 0.1) is 39.9 Å². The average Bonchev–Trinajstić information content (AvgIpc) is 3.19. The van der Waals surface area contributed by atoms with Crippen LogP contribution in [0.3, 0.4) is 0 Å². The average molecular weight is 855 g/mol. The third-order valence-electron chi connectivity index (χ3n) is 11.4. The lowest BCUT2D eigenvalue weighted by atomic mass is 10.0. The van der Waals surface area contributed by atoms with E-state index in [9.17, 15) is 19.4 Å². The van der Waals surface area contributed by atoms with E-state index >= 15 is 0 Å². The lowest BCUT2D eigenvalue weighted by molar-refractivity contribution is -0.870. The van der Waals surface area contributed by atoms with Crippen LogP contribution >= 0.6 is 7.82 Å². The number of rotatable bonds is 46. The third-order valence-corrected chi connectivity index (χ3v) is 12.4. The first kappa shape index (κ1) is 58.0. The number of hydrogen-bond donors (Lipinski definition) is 2. The minimum atomic E-state index is -4.59. The van der Waals surface area contributed by atoms with Crippen molar-refractivity contribution in [1.29, 1.82) is 0 Å². The van der Waals surface area contributed by atoms with Gasteiger partial charge in [-0.3, -0.25) is 9.36 Å². The van der Waals surface area contributed by atoms with Crippen LogP contribution in [0.2, 0.25) is 0 Å². The number of phosphoric ester groups is 1. The molecular weight excluding hydrogens is 756 g/mol. The van der Waals surface area contributed by atoms with Gasteiger partial charge in [0.2, 0.25) is 5.91 Å². The molecule has 1 unspecified atom stereocenters. The maximum Gasteiger partial charge on any atom is 0.268 e. The van der Waals surface area contributed by atoms with E-state index in [4.69, 9.17) is 9.05 Å². The maximum absolute atomic E-state index is 12.9. The Balaban J connectivity index is 4.28. The van der Waals surface area contributed by atoms with Crippen molar-refractivity contribution < 1.29 is 32.9 Å². The van der Waals surface area contributed by atoms with Crippen LogP contribution in [0, 0.1) is 0 Å². The van der Waals surface area contributed by atoms with Crippen LogP contribution in [0.1, 0.15) is 239 Å². The van der Waals surface area contributed by atoms with E-state index in [-0.39, 0.29) is 19.1 Å². The monoisotopic (exact) mass is 855 g/mol. The number of phosphoric acid groups is 1. The zero-order valence-corrected chi connectivity index (χ0v) is 40.6. The topological polar surface area (TPSA) is 108 Å². The summed E-state index contributed by atoms with van der Waals surface area (Å²) >= 11 is 0. The third kappa shape index (κ3) is 44.8. The van der Waals surface area contributed by atoms with Crippen molar-refractivity contribution in [1.82, 2.24) is 5.32 Å². The molecule has 0 aromatic rings. The molecule has 0 rings (SSSR count). The molecule has 0 bridgehead atoms. The lowest BCUT2D eigenvalue weighted by Gasteiger charge is -2.29. The van der Waals surface area contributed by atoms with Gasteiger partial charge in [-0.05, 0) is 32.1 Å². The molecule has 2 N–H and O–H groups in total. The molecule has 0 aliphatic rings. The first-order chi connectivity index (χ1) is 28.5. The van der Waals surface area contributed by atoms with Gasteiger partial charge < -0.3 is 28.8 Å². The van der Waals surface area contributed by atoms with Gasteiger partial charge in [0.25, 0.3) is 7.82 Å². The van der Waals surface area contributed by atoms with E-state index in [1.165, 1.54) is 180 Å². The van der Waals surface area contributed by atoms with Crippen LogP contribution in [0.4, 0.5) is 0 Å². The normalized spacial score (nSPS) is 14.4. The molecular formula is C50H99N2O6P. The molecule has 0 fully saturated rings. The molecule has 0 radical (unpaired) electrons. The van der Waals surface area contributed by atoms with Crippen molar-refractivity contribution in [3.8, 4) is 0 Å². The molecule has 59 heavy (non-hydrogen) atoms. The number of amides is 1. The number of quaternary nitrogens is 1. The highest BCUT2D eigenvalue weighted by Crippen LogP contribution is 2.38. The number of carbonyl (C=O) groups is 1. The predicted octanol–water partition coefficient (Wildman–Crippen LogP) is 13.8. The summed E-state index contributed by atoms with van der Waals surface area (Å²) in [6, 6.07) is -0.898. The van der Waals surface area contributed by atoms with Crippen molar-refractivity contribution in [3.63, 3.8) is 0 Å². The largest absolute Gasteiger partial charge is 0.756 e. The Labute approximate surface area is 366 Å². The number of hydrogen-bond acceptors (Lipinski definition) is 6. The summed E-state index contributed by atoms with van der Waals surface area (Å²) in [5, 5.41) is 13.8. The molecule has 350 valence electrons. The Morgan fingerprint density at radius 1 is 0.576 bits per heavy atom. The summed E-state index contributed by atoms with van der Waals surface area (Å²) in [5.74, 6) is -0.203. The summed E-state index contributed by atoms with van der Waals surface area (Å²) < 4.78 is 23.2. The Morgan fingerprint density at radius 2 is 0.949 bits per heavy atom. The van der Waals surface area contributed by atoms with Crippen LogP contribution in [0.25, 0.3) is 0 Å². The van der Waals surface area contributed by atoms with Gasteiger partial charge in [-0.1, -0.05) is 224 Å². The first-order valence-electron chi connectivity index (χ1n) is 25.2. The maximum atomic E-state index is 12.9. The second-order valence-corrected chi connectivity index (χ2v) is 19.9. The smallest absolute Gasteiger partial charge is 0.268 e. The van der Waals surface area contributed by atoms with Gasteiger partial charge in [-0.2, -0.15) is 0 Å². The van der Waals surface area contributed by atoms with E-state index in [1.807, 2.05) is 27.2 Å². The van der Waals surface area contributed by atoms with E-state index in [0.29, 0.717) is 17.4 Å². The summed E-state index contributed by atoms with van der Waals surface area (Å²) in [4.78, 5) is 25.4. The van der Waals surface area contributed by atoms with Crippen LogP contribution < -0.4 is 10.2 Å². The summed E-state index contributed by atoms with van der Waals surface area (Å²) in [6.45, 7) is 4.65. The van der Waals surface area contributed by atoms with Crippen molar-refractivity contribution in [2.75, 3.05) is 40.9 Å². The first-order valence-corrected chi connectivity index (χ1v) is 26.7. The Kier molecular flexibility index (Phi) is 41.6. The molecule has 9 heteroatoms. The highest BCUT2D eigenvalue weighted by molar-refractivity contribution is 7.45. The molecule has 0 saturated heterocycles. The molecule has 0 heterocycles. The van der Waals surface area contributed by atoms with Gasteiger partial charge in [-0.25, -0.2) is 0 Å². The fourth-order valence-corrected chi connectivity index (χ4v) is 8.13. The van der Waals surface area contributed by atoms with E-state index in [1.54, 1.807) is 6.08 Å². The van der Waals surface area contributed by atoms with E-state index < -0.39 is 20.0 Å². The standard InChI is InChI=1S/C50H99N2O6P/c1-6-8-10-12-14-16-18-20-22-23-24-25-26-27-28-30-32-34-36-38-40-42-44-50(54)51-48(47-58-59(55,56)57-46-45-52(3,4)5)49(53)43-41-39-37-35-33-31-29-21-19-17-15-13-11-9-7-2/h33,35,41,43,48-49,53H,6-32,34,36-40,42,44-47H2,1-5H3,(H-,51,54,55,56)/b35-33+,43-41+/t48-,49+/m0/s1. The van der Waals surface area contributed by atoms with Crippen LogP contribution in [0.5, 0.6) is 0 Å². The molecule has 8 nitrogen and oxygen atoms in total. The lowest BCUT2D eigenvalue weighted by Crippen LogP contribution is -2.45. The molecule has 0 aliphatic heterocycles. The van der Waals surface area contributed by atoms with Crippen molar-refractivity contribution >= 4 is 13.7 Å². The number of nitrogens with one attached hydrogen (secondary N) is 1. The molecule has 0 aromatic heterocycles. The quantitative estimate of drug-likeness (QED) is 0.0273. The Hall–Kier alpha value is -1.02. The fourth-order valence-electron chi connectivity index (χ4n) is 7.41. The minimum Gasteiger partial charge on any atom is -0.756 e. The van der Waals surface area contributed by atoms with E-state index in [2.05, 4.69) is 31.3 Å². The van der Waals surface area contributed by atoms with Crippen molar-refractivity contribution in [2.24, 2.45) is 0 Å². The summed E-state index contributed by atoms with van der Waals surface area (Å²) in [6.07, 6.45) is 50.9. The summed E-state index contributed by atoms with van der Waals surface area (Å²) in [7, 11) is 1.25. The molecule has 1 amide bonds. The minimum absolute atomic E-state index is 0.00406. The highest BCUT2D eigenvalue weighted by atomic mass is 31.2. The second-order valence-electron chi connectivity index (χ2n) is 18.5. The molecule has 3 atom stereocenters. The number of aliphatic hydroxyl groups is 1. The molecule has 0 aliphatic carbocycles. The van der Waals surface area contributed by atoms with Crippen LogP contribution in [-0.2, 0) is 18.4 Å². The second kappa shape index (κ2) is 42.3. The van der Waals surface area contributed by atoms with Gasteiger partial charge in [0.1, 0.15) is 13.2 Å². The number of likely N-dealkylation sites (N-methyl/N-ethyl adjacent to an activating group) is 1. The zero-order valence-electron chi connectivity index (χ0n) is 39.7. The van der Waals surface area contributed by atoms with Crippen LogP contribution in [0.15, 0.2) is 24.3 Å². The van der Waals surface area contributed by atoms with Gasteiger partial charge in [0.15, 0.2) is 0 Å².